The van der Waals surface area contributed by atoms with E-state index in [4.69, 9.17) is 9.47 Å². The number of carbonyl (C=O) groups excluding carboxylic acids is 1. The number of pyridine rings is 1. The molecule has 2 aromatic rings. The molecule has 28 heavy (non-hydrogen) atoms. The zero-order valence-corrected chi connectivity index (χ0v) is 16.2. The van der Waals surface area contributed by atoms with Crippen molar-refractivity contribution in [3.05, 3.63) is 35.8 Å². The van der Waals surface area contributed by atoms with Gasteiger partial charge in [0.25, 0.3) is 0 Å². The Balaban J connectivity index is 1.60. The standard InChI is InChI=1S/C21H26FN3O3/c1-2-28-21(26)18-12-23-19-4-3-16(22)11-17(19)20(18)25-8-6-24(7-9-25)13-15-5-10-27-14-15/h3-4,11-12,15H,2,5-10,13-14H2,1H3. The van der Waals surface area contributed by atoms with E-state index in [1.54, 1.807) is 19.2 Å². The molecule has 0 radical (unpaired) electrons. The van der Waals surface area contributed by atoms with E-state index in [1.165, 1.54) is 12.1 Å². The number of carbonyl (C=O) groups is 1. The largest absolute Gasteiger partial charge is 0.462 e. The number of benzene rings is 1. The van der Waals surface area contributed by atoms with Crippen LogP contribution in [0.25, 0.3) is 10.9 Å². The Bertz CT molecular complexity index is 846. The lowest BCUT2D eigenvalue weighted by Gasteiger charge is -2.38. The fraction of sp³-hybridized carbons (Fsp3) is 0.524. The summed E-state index contributed by atoms with van der Waals surface area (Å²) in [4.78, 5) is 21.5. The van der Waals surface area contributed by atoms with Gasteiger partial charge in [-0.3, -0.25) is 9.88 Å². The molecule has 2 saturated heterocycles. The second-order valence-corrected chi connectivity index (χ2v) is 7.42. The molecular weight excluding hydrogens is 361 g/mol. The molecule has 0 spiro atoms. The van der Waals surface area contributed by atoms with Crippen LogP contribution < -0.4 is 4.90 Å². The minimum atomic E-state index is -0.415. The molecule has 0 aliphatic carbocycles. The van der Waals surface area contributed by atoms with Gasteiger partial charge in [0.15, 0.2) is 0 Å². The maximum absolute atomic E-state index is 14.0. The molecule has 3 heterocycles. The molecule has 1 aromatic carbocycles. The van der Waals surface area contributed by atoms with Crippen LogP contribution in [0.4, 0.5) is 10.1 Å². The Morgan fingerprint density at radius 3 is 2.86 bits per heavy atom. The summed E-state index contributed by atoms with van der Waals surface area (Å²) >= 11 is 0. The fourth-order valence-corrected chi connectivity index (χ4v) is 4.10. The summed E-state index contributed by atoms with van der Waals surface area (Å²) in [5.41, 5.74) is 1.80. The van der Waals surface area contributed by atoms with Gasteiger partial charge in [-0.25, -0.2) is 9.18 Å². The third kappa shape index (κ3) is 3.95. The highest BCUT2D eigenvalue weighted by atomic mass is 19.1. The number of halogens is 1. The lowest BCUT2D eigenvalue weighted by atomic mass is 10.1. The van der Waals surface area contributed by atoms with Crippen molar-refractivity contribution in [2.45, 2.75) is 13.3 Å². The summed E-state index contributed by atoms with van der Waals surface area (Å²) in [6, 6.07) is 4.51. The van der Waals surface area contributed by atoms with E-state index in [0.29, 0.717) is 22.4 Å². The summed E-state index contributed by atoms with van der Waals surface area (Å²) in [6.07, 6.45) is 2.68. The second kappa shape index (κ2) is 8.41. The second-order valence-electron chi connectivity index (χ2n) is 7.42. The Morgan fingerprint density at radius 2 is 2.14 bits per heavy atom. The lowest BCUT2D eigenvalue weighted by Crippen LogP contribution is -2.48. The maximum atomic E-state index is 14.0. The fourth-order valence-electron chi connectivity index (χ4n) is 4.10. The molecule has 0 N–H and O–H groups in total. The number of nitrogens with zero attached hydrogens (tertiary/aromatic N) is 3. The van der Waals surface area contributed by atoms with E-state index in [2.05, 4.69) is 14.8 Å². The van der Waals surface area contributed by atoms with Crippen molar-refractivity contribution in [1.29, 1.82) is 0 Å². The average molecular weight is 387 g/mol. The summed E-state index contributed by atoms with van der Waals surface area (Å²) in [5, 5.41) is 0.656. The average Bonchev–Trinajstić information content (AvgIpc) is 3.21. The number of anilines is 1. The molecule has 4 rings (SSSR count). The molecule has 0 bridgehead atoms. The van der Waals surface area contributed by atoms with Crippen LogP contribution in [-0.2, 0) is 9.47 Å². The van der Waals surface area contributed by atoms with Gasteiger partial charge in [0.2, 0.25) is 0 Å². The van der Waals surface area contributed by atoms with Crippen molar-refractivity contribution < 1.29 is 18.7 Å². The Hall–Kier alpha value is -2.25. The van der Waals surface area contributed by atoms with Crippen molar-refractivity contribution in [2.24, 2.45) is 5.92 Å². The lowest BCUT2D eigenvalue weighted by molar-refractivity contribution is 0.0526. The molecule has 2 fully saturated rings. The van der Waals surface area contributed by atoms with Gasteiger partial charge in [-0.05, 0) is 37.5 Å². The first-order valence-corrected chi connectivity index (χ1v) is 9.96. The maximum Gasteiger partial charge on any atom is 0.341 e. The molecular formula is C21H26FN3O3. The van der Waals surface area contributed by atoms with Crippen LogP contribution in [0.3, 0.4) is 0 Å². The molecule has 6 nitrogen and oxygen atoms in total. The molecule has 1 unspecified atom stereocenters. The first-order chi connectivity index (χ1) is 13.7. The van der Waals surface area contributed by atoms with Crippen LogP contribution >= 0.6 is 0 Å². The number of hydrogen-bond donors (Lipinski definition) is 0. The van der Waals surface area contributed by atoms with Gasteiger partial charge in [-0.1, -0.05) is 0 Å². The van der Waals surface area contributed by atoms with Gasteiger partial charge in [0, 0.05) is 50.9 Å². The van der Waals surface area contributed by atoms with E-state index >= 15 is 0 Å². The van der Waals surface area contributed by atoms with Crippen LogP contribution in [0.2, 0.25) is 0 Å². The van der Waals surface area contributed by atoms with Crippen LogP contribution in [0.5, 0.6) is 0 Å². The van der Waals surface area contributed by atoms with Crippen LogP contribution in [0, 0.1) is 11.7 Å². The number of esters is 1. The highest BCUT2D eigenvalue weighted by Gasteiger charge is 2.27. The van der Waals surface area contributed by atoms with Gasteiger partial charge in [-0.2, -0.15) is 0 Å². The SMILES string of the molecule is CCOC(=O)c1cnc2ccc(F)cc2c1N1CCN(CC2CCOC2)CC1. The van der Waals surface area contributed by atoms with Crippen molar-refractivity contribution in [3.8, 4) is 0 Å². The van der Waals surface area contributed by atoms with Gasteiger partial charge in [0.05, 0.1) is 24.4 Å². The Morgan fingerprint density at radius 1 is 1.32 bits per heavy atom. The zero-order valence-electron chi connectivity index (χ0n) is 16.2. The van der Waals surface area contributed by atoms with Crippen LogP contribution in [0.1, 0.15) is 23.7 Å². The molecule has 1 atom stereocenters. The minimum Gasteiger partial charge on any atom is -0.462 e. The number of fused-ring (bicyclic) bond motifs is 1. The number of rotatable bonds is 5. The number of piperazine rings is 1. The minimum absolute atomic E-state index is 0.288. The Kier molecular flexibility index (Phi) is 5.73. The summed E-state index contributed by atoms with van der Waals surface area (Å²) in [7, 11) is 0. The van der Waals surface area contributed by atoms with Crippen molar-refractivity contribution in [1.82, 2.24) is 9.88 Å². The normalized spacial score (nSPS) is 20.6. The third-order valence-electron chi connectivity index (χ3n) is 5.53. The molecule has 0 saturated carbocycles. The van der Waals surface area contributed by atoms with Crippen molar-refractivity contribution in [3.63, 3.8) is 0 Å². The van der Waals surface area contributed by atoms with Crippen molar-refractivity contribution in [2.75, 3.05) is 57.4 Å². The van der Waals surface area contributed by atoms with Crippen LogP contribution in [-0.4, -0.2) is 68.4 Å². The molecule has 150 valence electrons. The highest BCUT2D eigenvalue weighted by Crippen LogP contribution is 2.32. The highest BCUT2D eigenvalue weighted by molar-refractivity contribution is 6.05. The van der Waals surface area contributed by atoms with E-state index in [1.807, 2.05) is 0 Å². The number of ether oxygens (including phenoxy) is 2. The van der Waals surface area contributed by atoms with E-state index in [0.717, 1.165) is 58.0 Å². The first-order valence-electron chi connectivity index (χ1n) is 9.96. The number of aromatic nitrogens is 1. The molecule has 1 aromatic heterocycles. The topological polar surface area (TPSA) is 54.9 Å². The monoisotopic (exact) mass is 387 g/mol. The van der Waals surface area contributed by atoms with Crippen LogP contribution in [0.15, 0.2) is 24.4 Å². The summed E-state index contributed by atoms with van der Waals surface area (Å²) in [5.74, 6) is -0.143. The number of hydrogen-bond acceptors (Lipinski definition) is 6. The molecule has 0 amide bonds. The predicted octanol–water partition coefficient (Wildman–Crippen LogP) is 2.71. The van der Waals surface area contributed by atoms with Gasteiger partial charge in [-0.15, -0.1) is 0 Å². The van der Waals surface area contributed by atoms with Gasteiger partial charge >= 0.3 is 5.97 Å². The van der Waals surface area contributed by atoms with E-state index < -0.39 is 5.97 Å². The van der Waals surface area contributed by atoms with Gasteiger partial charge < -0.3 is 14.4 Å². The van der Waals surface area contributed by atoms with E-state index in [9.17, 15) is 9.18 Å². The molecule has 2 aliphatic heterocycles. The zero-order chi connectivity index (χ0) is 19.5. The Labute approximate surface area is 164 Å². The smallest absolute Gasteiger partial charge is 0.341 e. The first kappa shape index (κ1) is 19.1. The summed E-state index contributed by atoms with van der Waals surface area (Å²) in [6.45, 7) is 8.17. The van der Waals surface area contributed by atoms with Gasteiger partial charge in [0.1, 0.15) is 11.4 Å². The predicted molar refractivity (Wildman–Crippen MR) is 105 cm³/mol. The summed E-state index contributed by atoms with van der Waals surface area (Å²) < 4.78 is 24.7. The third-order valence-corrected chi connectivity index (χ3v) is 5.53. The molecule has 7 heteroatoms. The van der Waals surface area contributed by atoms with Crippen molar-refractivity contribution >= 4 is 22.6 Å². The molecule has 2 aliphatic rings. The quantitative estimate of drug-likeness (QED) is 0.736. The van der Waals surface area contributed by atoms with E-state index in [-0.39, 0.29) is 12.4 Å².